The zero-order valence-corrected chi connectivity index (χ0v) is 16.8. The Morgan fingerprint density at radius 3 is 2.76 bits per heavy atom. The average molecular weight is 429 g/mol. The lowest BCUT2D eigenvalue weighted by Crippen LogP contribution is -2.11. The predicted octanol–water partition coefficient (Wildman–Crippen LogP) is 4.32. The number of halogens is 1. The number of aliphatic carboxylic acids is 1. The minimum Gasteiger partial charge on any atom is -0.492 e. The van der Waals surface area contributed by atoms with Crippen LogP contribution in [0.5, 0.6) is 5.75 Å². The molecule has 1 N–H and O–H groups in total. The molecule has 0 aliphatic heterocycles. The molecule has 0 aliphatic rings. The van der Waals surface area contributed by atoms with Crippen molar-refractivity contribution in [1.29, 1.82) is 0 Å². The Morgan fingerprint density at radius 2 is 2.12 bits per heavy atom. The largest absolute Gasteiger partial charge is 0.492 e. The van der Waals surface area contributed by atoms with Crippen LogP contribution in [0.25, 0.3) is 0 Å². The molecule has 0 radical (unpaired) electrons. The first kappa shape index (κ1) is 19.8. The Morgan fingerprint density at radius 1 is 1.36 bits per heavy atom. The fourth-order valence-electron chi connectivity index (χ4n) is 2.01. The molecular formula is C17H21BrN2O4S. The van der Waals surface area contributed by atoms with Crippen molar-refractivity contribution in [3.63, 3.8) is 0 Å². The lowest BCUT2D eigenvalue weighted by Gasteiger charge is -2.20. The van der Waals surface area contributed by atoms with E-state index >= 15 is 0 Å². The molecule has 1 heterocycles. The van der Waals surface area contributed by atoms with Crippen LogP contribution >= 0.6 is 27.7 Å². The maximum atomic E-state index is 10.5. The van der Waals surface area contributed by atoms with Crippen LogP contribution in [0.2, 0.25) is 0 Å². The first-order valence-corrected chi connectivity index (χ1v) is 9.63. The van der Waals surface area contributed by atoms with E-state index in [1.54, 1.807) is 0 Å². The van der Waals surface area contributed by atoms with Gasteiger partial charge in [-0.1, -0.05) is 38.6 Å². The summed E-state index contributed by atoms with van der Waals surface area (Å²) in [6.07, 6.45) is 1.30. The summed E-state index contributed by atoms with van der Waals surface area (Å²) in [6, 6.07) is 6.13. The number of hydrogen-bond acceptors (Lipinski definition) is 6. The Bertz CT molecular complexity index is 728. The van der Waals surface area contributed by atoms with Gasteiger partial charge in [0.15, 0.2) is 0 Å². The molecule has 0 atom stereocenters. The van der Waals surface area contributed by atoms with Gasteiger partial charge in [0.25, 0.3) is 5.22 Å². The maximum Gasteiger partial charge on any atom is 0.314 e. The molecule has 2 rings (SSSR count). The molecule has 1 aromatic heterocycles. The number of hydrogen-bond donors (Lipinski definition) is 1. The van der Waals surface area contributed by atoms with Gasteiger partial charge in [-0.3, -0.25) is 4.79 Å². The van der Waals surface area contributed by atoms with Gasteiger partial charge in [-0.25, -0.2) is 0 Å². The number of nitrogens with zero attached hydrogens (tertiary/aromatic N) is 2. The van der Waals surface area contributed by atoms with E-state index in [0.717, 1.165) is 28.4 Å². The predicted molar refractivity (Wildman–Crippen MR) is 99.3 cm³/mol. The van der Waals surface area contributed by atoms with Gasteiger partial charge in [0.1, 0.15) is 11.5 Å². The van der Waals surface area contributed by atoms with Crippen molar-refractivity contribution in [3.05, 3.63) is 34.1 Å². The Balaban J connectivity index is 1.79. The van der Waals surface area contributed by atoms with Gasteiger partial charge in [0, 0.05) is 6.42 Å². The highest BCUT2D eigenvalue weighted by Crippen LogP contribution is 2.31. The Kier molecular flexibility index (Phi) is 6.89. The Hall–Kier alpha value is -1.54. The monoisotopic (exact) mass is 428 g/mol. The van der Waals surface area contributed by atoms with Crippen LogP contribution in [0.3, 0.4) is 0 Å². The van der Waals surface area contributed by atoms with E-state index in [-0.39, 0.29) is 16.4 Å². The number of benzene rings is 1. The second-order valence-corrected chi connectivity index (χ2v) is 8.27. The maximum absolute atomic E-state index is 10.5. The van der Waals surface area contributed by atoms with Crippen LogP contribution in [0, 0.1) is 0 Å². The number of ether oxygens (including phenoxy) is 1. The third kappa shape index (κ3) is 6.36. The summed E-state index contributed by atoms with van der Waals surface area (Å²) in [6.45, 7) is 7.03. The van der Waals surface area contributed by atoms with Gasteiger partial charge in [0.05, 0.1) is 11.1 Å². The molecule has 0 aliphatic carbocycles. The van der Waals surface area contributed by atoms with Gasteiger partial charge in [-0.2, -0.15) is 0 Å². The SMILES string of the molecule is CC(C)(C)c1ccc(OCCCc2nnc(SCC(=O)O)o2)c(Br)c1. The van der Waals surface area contributed by atoms with Crippen molar-refractivity contribution in [3.8, 4) is 5.75 Å². The van der Waals surface area contributed by atoms with Gasteiger partial charge >= 0.3 is 5.97 Å². The van der Waals surface area contributed by atoms with Gasteiger partial charge in [0.2, 0.25) is 5.89 Å². The smallest absolute Gasteiger partial charge is 0.314 e. The standard InChI is InChI=1S/C17H21BrN2O4S/c1-17(2,3)11-6-7-13(12(18)9-11)23-8-4-5-14-19-20-16(24-14)25-10-15(21)22/h6-7,9H,4-5,8,10H2,1-3H3,(H,21,22). The molecule has 6 nitrogen and oxygen atoms in total. The van der Waals surface area contributed by atoms with E-state index in [9.17, 15) is 4.79 Å². The normalized spacial score (nSPS) is 11.5. The van der Waals surface area contributed by atoms with Crippen LogP contribution < -0.4 is 4.74 Å². The van der Waals surface area contributed by atoms with Gasteiger partial charge < -0.3 is 14.3 Å². The number of thioether (sulfide) groups is 1. The lowest BCUT2D eigenvalue weighted by molar-refractivity contribution is -0.133. The second kappa shape index (κ2) is 8.71. The molecule has 0 fully saturated rings. The summed E-state index contributed by atoms with van der Waals surface area (Å²) >= 11 is 4.57. The summed E-state index contributed by atoms with van der Waals surface area (Å²) in [7, 11) is 0. The van der Waals surface area contributed by atoms with Crippen molar-refractivity contribution in [2.24, 2.45) is 0 Å². The number of aromatic nitrogens is 2. The van der Waals surface area contributed by atoms with E-state index in [2.05, 4.69) is 59.0 Å². The summed E-state index contributed by atoms with van der Waals surface area (Å²) < 4.78 is 12.1. The van der Waals surface area contributed by atoms with Crippen LogP contribution in [0.4, 0.5) is 0 Å². The molecule has 1 aromatic carbocycles. The topological polar surface area (TPSA) is 85.5 Å². The van der Waals surface area contributed by atoms with Crippen molar-refractivity contribution < 1.29 is 19.1 Å². The average Bonchev–Trinajstić information content (AvgIpc) is 2.97. The van der Waals surface area contributed by atoms with Crippen molar-refractivity contribution in [2.75, 3.05) is 12.4 Å². The molecule has 0 unspecified atom stereocenters. The summed E-state index contributed by atoms with van der Waals surface area (Å²) in [5.74, 6) is 0.277. The molecule has 0 bridgehead atoms. The molecule has 25 heavy (non-hydrogen) atoms. The number of carboxylic acids is 1. The number of carbonyl (C=O) groups is 1. The highest BCUT2D eigenvalue weighted by Gasteiger charge is 2.15. The molecule has 0 spiro atoms. The van der Waals surface area contributed by atoms with E-state index in [1.807, 2.05) is 6.07 Å². The highest BCUT2D eigenvalue weighted by atomic mass is 79.9. The van der Waals surface area contributed by atoms with E-state index < -0.39 is 5.97 Å². The van der Waals surface area contributed by atoms with E-state index in [4.69, 9.17) is 14.3 Å². The highest BCUT2D eigenvalue weighted by molar-refractivity contribution is 9.10. The van der Waals surface area contributed by atoms with Crippen LogP contribution in [-0.4, -0.2) is 33.6 Å². The number of carboxylic acid groups (broad SMARTS) is 1. The van der Waals surface area contributed by atoms with Crippen LogP contribution in [-0.2, 0) is 16.6 Å². The Labute approximate surface area is 159 Å². The summed E-state index contributed by atoms with van der Waals surface area (Å²) in [5, 5.41) is 16.6. The van der Waals surface area contributed by atoms with E-state index in [0.29, 0.717) is 18.9 Å². The van der Waals surface area contributed by atoms with E-state index in [1.165, 1.54) is 5.56 Å². The fraction of sp³-hybridized carbons (Fsp3) is 0.471. The quantitative estimate of drug-likeness (QED) is 0.494. The summed E-state index contributed by atoms with van der Waals surface area (Å²) in [5.41, 5.74) is 1.33. The molecular weight excluding hydrogens is 408 g/mol. The van der Waals surface area contributed by atoms with Crippen molar-refractivity contribution in [1.82, 2.24) is 10.2 Å². The lowest BCUT2D eigenvalue weighted by atomic mass is 9.87. The molecule has 2 aromatic rings. The van der Waals surface area contributed by atoms with Crippen molar-refractivity contribution in [2.45, 2.75) is 44.3 Å². The first-order valence-electron chi connectivity index (χ1n) is 7.85. The van der Waals surface area contributed by atoms with Crippen molar-refractivity contribution >= 4 is 33.7 Å². The fourth-order valence-corrected chi connectivity index (χ4v) is 3.00. The minimum atomic E-state index is -0.916. The first-order chi connectivity index (χ1) is 11.8. The molecule has 0 amide bonds. The molecule has 8 heteroatoms. The molecule has 0 saturated heterocycles. The van der Waals surface area contributed by atoms with Gasteiger partial charge in [-0.15, -0.1) is 10.2 Å². The number of rotatable bonds is 8. The van der Waals surface area contributed by atoms with Crippen LogP contribution in [0.1, 0.15) is 38.6 Å². The number of aryl methyl sites for hydroxylation is 1. The third-order valence-electron chi connectivity index (χ3n) is 3.36. The molecule has 136 valence electrons. The summed E-state index contributed by atoms with van der Waals surface area (Å²) in [4.78, 5) is 10.5. The molecule has 0 saturated carbocycles. The third-order valence-corrected chi connectivity index (χ3v) is 4.78. The minimum absolute atomic E-state index is 0.0926. The zero-order valence-electron chi connectivity index (χ0n) is 14.4. The zero-order chi connectivity index (χ0) is 18.4. The van der Waals surface area contributed by atoms with Crippen LogP contribution in [0.15, 0.2) is 32.3 Å². The van der Waals surface area contributed by atoms with Gasteiger partial charge in [-0.05, 0) is 45.5 Å². The second-order valence-electron chi connectivity index (χ2n) is 6.49.